The maximum Gasteiger partial charge on any atom is 0.242 e. The first-order chi connectivity index (χ1) is 8.08. The van der Waals surface area contributed by atoms with E-state index in [0.29, 0.717) is 4.90 Å². The summed E-state index contributed by atoms with van der Waals surface area (Å²) in [6, 6.07) is 0. The van der Waals surface area contributed by atoms with Crippen LogP contribution in [0.4, 0.5) is 4.39 Å². The van der Waals surface area contributed by atoms with E-state index < -0.39 is 36.2 Å². The Morgan fingerprint density at radius 2 is 1.47 bits per heavy atom. The summed E-state index contributed by atoms with van der Waals surface area (Å²) in [6.45, 7) is 5.68. The number of carbonyl (C=O) groups is 3. The molecule has 0 aromatic carbocycles. The molecule has 1 rings (SSSR count). The van der Waals surface area contributed by atoms with Crippen LogP contribution < -0.4 is 0 Å². The maximum atomic E-state index is 12.7. The maximum absolute atomic E-state index is 12.7. The van der Waals surface area contributed by atoms with Gasteiger partial charge in [0.15, 0.2) is 12.6 Å². The van der Waals surface area contributed by atoms with Gasteiger partial charge in [0.1, 0.15) is 11.8 Å². The summed E-state index contributed by atoms with van der Waals surface area (Å²) in [5, 5.41) is 0. The minimum atomic E-state index is -1.20. The third-order valence-corrected chi connectivity index (χ3v) is 2.74. The van der Waals surface area contributed by atoms with Gasteiger partial charge in [0.25, 0.3) is 0 Å². The molecule has 2 atom stereocenters. The van der Waals surface area contributed by atoms with Gasteiger partial charge in [-0.2, -0.15) is 0 Å². The molecular weight excluding hydrogens is 225 g/mol. The molecule has 0 spiro atoms. The smallest absolute Gasteiger partial charge is 0.242 e. The highest BCUT2D eigenvalue weighted by molar-refractivity contribution is 6.20. The van der Waals surface area contributed by atoms with E-state index in [1.165, 1.54) is 12.2 Å². The van der Waals surface area contributed by atoms with Crippen LogP contribution >= 0.6 is 0 Å². The Kier molecular flexibility index (Phi) is 4.31. The Hall–Kier alpha value is -1.78. The quantitative estimate of drug-likeness (QED) is 0.314. The molecule has 0 radical (unpaired) electrons. The molecule has 5 heteroatoms. The Bertz CT molecular complexity index is 346. The molecule has 17 heavy (non-hydrogen) atoms. The van der Waals surface area contributed by atoms with Gasteiger partial charge in [0, 0.05) is 0 Å². The van der Waals surface area contributed by atoms with Gasteiger partial charge < -0.3 is 0 Å². The summed E-state index contributed by atoms with van der Waals surface area (Å²) >= 11 is 0. The molecule has 0 aromatic heterocycles. The van der Waals surface area contributed by atoms with Crippen LogP contribution in [0.25, 0.3) is 0 Å². The molecule has 0 N–H and O–H groups in total. The molecule has 2 amide bonds. The molecular formula is C12H14FNO3. The van der Waals surface area contributed by atoms with Crippen LogP contribution in [0.2, 0.25) is 0 Å². The number of nitrogens with zero attached hydrogens (tertiary/aromatic N) is 1. The van der Waals surface area contributed by atoms with Crippen LogP contribution in [0, 0.1) is 11.8 Å². The fourth-order valence-electron chi connectivity index (χ4n) is 1.86. The number of hydrogen-bond donors (Lipinski definition) is 0. The molecule has 0 aliphatic carbocycles. The van der Waals surface area contributed by atoms with E-state index in [1.54, 1.807) is 0 Å². The summed E-state index contributed by atoms with van der Waals surface area (Å²) in [5.74, 6) is -4.01. The highest BCUT2D eigenvalue weighted by atomic mass is 19.1. The topological polar surface area (TPSA) is 54.5 Å². The van der Waals surface area contributed by atoms with Gasteiger partial charge >= 0.3 is 0 Å². The van der Waals surface area contributed by atoms with Crippen molar-refractivity contribution >= 4 is 17.6 Å². The van der Waals surface area contributed by atoms with Crippen molar-refractivity contribution in [1.29, 1.82) is 0 Å². The van der Waals surface area contributed by atoms with Crippen molar-refractivity contribution in [3.8, 4) is 0 Å². The highest BCUT2D eigenvalue weighted by Crippen LogP contribution is 2.26. The second-order valence-corrected chi connectivity index (χ2v) is 3.78. The standard InChI is InChI=1S/C12H14FNO3/c1-3-5-8-10(15)9(6-4-2)12(17)14(7-13)11(8)16/h3-4,8-9H,1-2,5-7H2. The number of Topliss-reactive ketones (excluding diaryl/α,β-unsaturated/α-hetero) is 1. The van der Waals surface area contributed by atoms with Gasteiger partial charge in [0.05, 0.1) is 0 Å². The molecule has 92 valence electrons. The van der Waals surface area contributed by atoms with Crippen molar-refractivity contribution in [1.82, 2.24) is 4.90 Å². The van der Waals surface area contributed by atoms with Gasteiger partial charge in [-0.3, -0.25) is 19.3 Å². The number of allylic oxidation sites excluding steroid dienone is 2. The first kappa shape index (κ1) is 13.3. The van der Waals surface area contributed by atoms with Crippen molar-refractivity contribution in [2.75, 3.05) is 6.80 Å². The molecule has 1 saturated heterocycles. The van der Waals surface area contributed by atoms with E-state index in [1.807, 2.05) is 0 Å². The van der Waals surface area contributed by atoms with E-state index in [4.69, 9.17) is 0 Å². The predicted molar refractivity (Wildman–Crippen MR) is 59.4 cm³/mol. The van der Waals surface area contributed by atoms with Gasteiger partial charge in [-0.15, -0.1) is 13.2 Å². The van der Waals surface area contributed by atoms with Crippen LogP contribution in [0.3, 0.4) is 0 Å². The monoisotopic (exact) mass is 239 g/mol. The number of halogens is 1. The Balaban J connectivity index is 3.06. The van der Waals surface area contributed by atoms with E-state index in [-0.39, 0.29) is 12.8 Å². The minimum absolute atomic E-state index is 0.120. The lowest BCUT2D eigenvalue weighted by Crippen LogP contribution is -2.54. The first-order valence-corrected chi connectivity index (χ1v) is 5.25. The molecule has 0 aromatic rings. The lowest BCUT2D eigenvalue weighted by Gasteiger charge is -2.32. The molecule has 4 nitrogen and oxygen atoms in total. The fourth-order valence-corrected chi connectivity index (χ4v) is 1.86. The van der Waals surface area contributed by atoms with Crippen molar-refractivity contribution in [2.45, 2.75) is 12.8 Å². The largest absolute Gasteiger partial charge is 0.298 e. The van der Waals surface area contributed by atoms with E-state index in [2.05, 4.69) is 13.2 Å². The number of hydrogen-bond acceptors (Lipinski definition) is 3. The van der Waals surface area contributed by atoms with Crippen LogP contribution in [-0.2, 0) is 14.4 Å². The summed E-state index contributed by atoms with van der Waals surface area (Å²) in [7, 11) is 0. The SMILES string of the molecule is C=CCC1C(=O)C(CC=C)C(=O)N(CF)C1=O. The lowest BCUT2D eigenvalue weighted by molar-refractivity contribution is -0.162. The number of piperidine rings is 1. The zero-order valence-electron chi connectivity index (χ0n) is 9.39. The van der Waals surface area contributed by atoms with Crippen LogP contribution in [0.1, 0.15) is 12.8 Å². The fraction of sp³-hybridized carbons (Fsp3) is 0.417. The number of ketones is 1. The highest BCUT2D eigenvalue weighted by Gasteiger charge is 2.46. The van der Waals surface area contributed by atoms with Crippen LogP contribution in [-0.4, -0.2) is 29.3 Å². The average Bonchev–Trinajstić information content (AvgIpc) is 2.31. The molecule has 1 heterocycles. The molecule has 1 aliphatic rings. The number of carbonyl (C=O) groups excluding carboxylic acids is 3. The summed E-state index contributed by atoms with van der Waals surface area (Å²) < 4.78 is 12.7. The van der Waals surface area contributed by atoms with Crippen LogP contribution in [0.5, 0.6) is 0 Å². The number of alkyl halides is 1. The second-order valence-electron chi connectivity index (χ2n) is 3.78. The van der Waals surface area contributed by atoms with Crippen molar-refractivity contribution in [3.05, 3.63) is 25.3 Å². The van der Waals surface area contributed by atoms with E-state index in [0.717, 1.165) is 0 Å². The molecule has 1 fully saturated rings. The van der Waals surface area contributed by atoms with Crippen molar-refractivity contribution in [2.24, 2.45) is 11.8 Å². The minimum Gasteiger partial charge on any atom is -0.298 e. The van der Waals surface area contributed by atoms with Crippen molar-refractivity contribution < 1.29 is 18.8 Å². The molecule has 0 saturated carbocycles. The zero-order chi connectivity index (χ0) is 13.0. The first-order valence-electron chi connectivity index (χ1n) is 5.25. The Labute approximate surface area is 98.8 Å². The predicted octanol–water partition coefficient (Wildman–Crippen LogP) is 1.24. The molecule has 2 unspecified atom stereocenters. The summed E-state index contributed by atoms with van der Waals surface area (Å²) in [5.41, 5.74) is 0. The zero-order valence-corrected chi connectivity index (χ0v) is 9.39. The number of rotatable bonds is 5. The van der Waals surface area contributed by atoms with Crippen LogP contribution in [0.15, 0.2) is 25.3 Å². The third kappa shape index (κ3) is 2.33. The van der Waals surface area contributed by atoms with Gasteiger partial charge in [0.2, 0.25) is 11.8 Å². The average molecular weight is 239 g/mol. The summed E-state index contributed by atoms with van der Waals surface area (Å²) in [6.07, 6.45) is 3.07. The number of likely N-dealkylation sites (tertiary alicyclic amines) is 1. The lowest BCUT2D eigenvalue weighted by atomic mass is 9.83. The van der Waals surface area contributed by atoms with Gasteiger partial charge in [-0.05, 0) is 12.8 Å². The van der Waals surface area contributed by atoms with E-state index in [9.17, 15) is 18.8 Å². The van der Waals surface area contributed by atoms with Gasteiger partial charge in [-0.1, -0.05) is 12.2 Å². The Morgan fingerprint density at radius 1 is 1.06 bits per heavy atom. The number of amides is 2. The third-order valence-electron chi connectivity index (χ3n) is 2.74. The normalized spacial score (nSPS) is 25.0. The Morgan fingerprint density at radius 3 is 1.76 bits per heavy atom. The molecule has 1 aliphatic heterocycles. The number of imide groups is 1. The molecule has 0 bridgehead atoms. The summed E-state index contributed by atoms with van der Waals surface area (Å²) in [4.78, 5) is 35.8. The van der Waals surface area contributed by atoms with Crippen molar-refractivity contribution in [3.63, 3.8) is 0 Å². The second kappa shape index (κ2) is 5.52. The van der Waals surface area contributed by atoms with E-state index >= 15 is 0 Å². The van der Waals surface area contributed by atoms with Gasteiger partial charge in [-0.25, -0.2) is 4.39 Å².